The van der Waals surface area contributed by atoms with Crippen LogP contribution in [0.3, 0.4) is 0 Å². The van der Waals surface area contributed by atoms with Crippen molar-refractivity contribution in [1.29, 1.82) is 0 Å². The first kappa shape index (κ1) is 14.9. The number of methoxy groups -OCH3 is 1. The molecule has 2 N–H and O–H groups in total. The number of nitrogens with two attached hydrogens (primary N) is 1. The number of benzene rings is 2. The van der Waals surface area contributed by atoms with E-state index in [1.807, 2.05) is 49.4 Å². The third-order valence-electron chi connectivity index (χ3n) is 3.00. The Morgan fingerprint density at radius 1 is 1.15 bits per heavy atom. The molecule has 2 aromatic carbocycles. The number of halogens is 1. The monoisotopic (exact) mass is 335 g/mol. The Morgan fingerprint density at radius 3 is 2.60 bits per heavy atom. The highest BCUT2D eigenvalue weighted by molar-refractivity contribution is 9.10. The smallest absolute Gasteiger partial charge is 0.161 e. The number of ether oxygens (including phenoxy) is 2. The van der Waals surface area contributed by atoms with Gasteiger partial charge in [-0.2, -0.15) is 0 Å². The fraction of sp³-hybridized carbons (Fsp3) is 0.250. The van der Waals surface area contributed by atoms with Crippen LogP contribution < -0.4 is 15.2 Å². The molecule has 0 aromatic heterocycles. The maximum Gasteiger partial charge on any atom is 0.161 e. The van der Waals surface area contributed by atoms with Gasteiger partial charge in [0.05, 0.1) is 7.11 Å². The van der Waals surface area contributed by atoms with Crippen LogP contribution in [0.1, 0.15) is 24.1 Å². The molecule has 0 saturated heterocycles. The summed E-state index contributed by atoms with van der Waals surface area (Å²) < 4.78 is 12.2. The van der Waals surface area contributed by atoms with Crippen LogP contribution >= 0.6 is 15.9 Å². The van der Waals surface area contributed by atoms with E-state index in [0.717, 1.165) is 21.3 Å². The molecule has 0 spiro atoms. The van der Waals surface area contributed by atoms with Crippen molar-refractivity contribution in [2.75, 3.05) is 7.11 Å². The van der Waals surface area contributed by atoms with E-state index in [1.54, 1.807) is 7.11 Å². The minimum atomic E-state index is -0.0250. The average Bonchev–Trinajstić information content (AvgIpc) is 2.45. The molecular weight excluding hydrogens is 318 g/mol. The van der Waals surface area contributed by atoms with E-state index in [4.69, 9.17) is 15.2 Å². The largest absolute Gasteiger partial charge is 0.493 e. The van der Waals surface area contributed by atoms with Crippen molar-refractivity contribution in [3.63, 3.8) is 0 Å². The highest BCUT2D eigenvalue weighted by Gasteiger charge is 2.08. The Bertz CT molecular complexity index is 584. The molecule has 0 amide bonds. The van der Waals surface area contributed by atoms with Crippen molar-refractivity contribution in [2.45, 2.75) is 19.6 Å². The van der Waals surface area contributed by atoms with Crippen molar-refractivity contribution in [3.8, 4) is 11.5 Å². The molecule has 1 atom stereocenters. The molecule has 2 rings (SSSR count). The van der Waals surface area contributed by atoms with Gasteiger partial charge in [0.15, 0.2) is 11.5 Å². The van der Waals surface area contributed by atoms with E-state index in [1.165, 1.54) is 0 Å². The molecule has 0 fully saturated rings. The molecule has 0 saturated carbocycles. The average molecular weight is 336 g/mol. The quantitative estimate of drug-likeness (QED) is 0.896. The first-order chi connectivity index (χ1) is 9.60. The second-order valence-electron chi connectivity index (χ2n) is 4.62. The zero-order chi connectivity index (χ0) is 14.5. The summed E-state index contributed by atoms with van der Waals surface area (Å²) >= 11 is 3.45. The summed E-state index contributed by atoms with van der Waals surface area (Å²) in [6.45, 7) is 2.43. The fourth-order valence-electron chi connectivity index (χ4n) is 1.87. The first-order valence-electron chi connectivity index (χ1n) is 6.41. The van der Waals surface area contributed by atoms with Gasteiger partial charge >= 0.3 is 0 Å². The number of hydrogen-bond donors (Lipinski definition) is 1. The summed E-state index contributed by atoms with van der Waals surface area (Å²) in [5, 5.41) is 0. The van der Waals surface area contributed by atoms with Crippen LogP contribution in [0.15, 0.2) is 46.9 Å². The third-order valence-corrected chi connectivity index (χ3v) is 3.49. The van der Waals surface area contributed by atoms with Crippen molar-refractivity contribution < 1.29 is 9.47 Å². The predicted molar refractivity (Wildman–Crippen MR) is 84.1 cm³/mol. The molecule has 0 bridgehead atoms. The summed E-state index contributed by atoms with van der Waals surface area (Å²) in [5.74, 6) is 1.42. The summed E-state index contributed by atoms with van der Waals surface area (Å²) in [4.78, 5) is 0. The van der Waals surface area contributed by atoms with Gasteiger partial charge < -0.3 is 15.2 Å². The molecule has 0 heterocycles. The zero-order valence-electron chi connectivity index (χ0n) is 11.6. The number of hydrogen-bond acceptors (Lipinski definition) is 3. The van der Waals surface area contributed by atoms with E-state index < -0.39 is 0 Å². The van der Waals surface area contributed by atoms with Gasteiger partial charge in [0.2, 0.25) is 0 Å². The van der Waals surface area contributed by atoms with Crippen LogP contribution in [0, 0.1) is 0 Å². The van der Waals surface area contributed by atoms with Crippen LogP contribution in [0.2, 0.25) is 0 Å². The Hall–Kier alpha value is -1.52. The lowest BCUT2D eigenvalue weighted by molar-refractivity contribution is 0.284. The maximum atomic E-state index is 5.87. The molecule has 0 aliphatic heterocycles. The van der Waals surface area contributed by atoms with Crippen molar-refractivity contribution in [3.05, 3.63) is 58.1 Å². The summed E-state index contributed by atoms with van der Waals surface area (Å²) in [6, 6.07) is 13.8. The molecule has 0 aliphatic rings. The van der Waals surface area contributed by atoms with Gasteiger partial charge in [-0.3, -0.25) is 0 Å². The lowest BCUT2D eigenvalue weighted by Gasteiger charge is -2.13. The number of rotatable bonds is 5. The molecular formula is C16H18BrNO2. The van der Waals surface area contributed by atoms with E-state index in [2.05, 4.69) is 15.9 Å². The lowest BCUT2D eigenvalue weighted by Crippen LogP contribution is -2.05. The topological polar surface area (TPSA) is 44.5 Å². The van der Waals surface area contributed by atoms with Gasteiger partial charge in [0.1, 0.15) is 6.61 Å². The minimum absolute atomic E-state index is 0.0250. The minimum Gasteiger partial charge on any atom is -0.493 e. The normalized spacial score (nSPS) is 12.0. The predicted octanol–water partition coefficient (Wildman–Crippen LogP) is 4.06. The standard InChI is InChI=1S/C16H18BrNO2/c1-11(18)13-6-7-15(16(9-13)19-2)20-10-12-4-3-5-14(17)8-12/h3-9,11H,10,18H2,1-2H3/t11-/m1/s1. The maximum absolute atomic E-state index is 5.87. The molecule has 0 aliphatic carbocycles. The van der Waals surface area contributed by atoms with Crippen LogP contribution in [-0.4, -0.2) is 7.11 Å². The van der Waals surface area contributed by atoms with E-state index in [0.29, 0.717) is 12.4 Å². The fourth-order valence-corrected chi connectivity index (χ4v) is 2.32. The van der Waals surface area contributed by atoms with Gasteiger partial charge in [0, 0.05) is 10.5 Å². The summed E-state index contributed by atoms with van der Waals surface area (Å²) in [7, 11) is 1.63. The summed E-state index contributed by atoms with van der Waals surface area (Å²) in [5.41, 5.74) is 7.99. The van der Waals surface area contributed by atoms with Gasteiger partial charge in [0.25, 0.3) is 0 Å². The zero-order valence-corrected chi connectivity index (χ0v) is 13.2. The van der Waals surface area contributed by atoms with Gasteiger partial charge in [-0.1, -0.05) is 34.1 Å². The second-order valence-corrected chi connectivity index (χ2v) is 5.53. The second kappa shape index (κ2) is 6.77. The van der Waals surface area contributed by atoms with Crippen molar-refractivity contribution >= 4 is 15.9 Å². The van der Waals surface area contributed by atoms with E-state index >= 15 is 0 Å². The van der Waals surface area contributed by atoms with Crippen LogP contribution in [0.4, 0.5) is 0 Å². The molecule has 0 unspecified atom stereocenters. The molecule has 106 valence electrons. The molecule has 0 radical (unpaired) electrons. The molecule has 20 heavy (non-hydrogen) atoms. The Balaban J connectivity index is 2.13. The van der Waals surface area contributed by atoms with Crippen LogP contribution in [-0.2, 0) is 6.61 Å². The van der Waals surface area contributed by atoms with Crippen molar-refractivity contribution in [1.82, 2.24) is 0 Å². The van der Waals surface area contributed by atoms with Crippen molar-refractivity contribution in [2.24, 2.45) is 5.73 Å². The SMILES string of the molecule is COc1cc([C@@H](C)N)ccc1OCc1cccc(Br)c1. The molecule has 2 aromatic rings. The highest BCUT2D eigenvalue weighted by atomic mass is 79.9. The van der Waals surface area contributed by atoms with Crippen LogP contribution in [0.25, 0.3) is 0 Å². The Kier molecular flexibility index (Phi) is 5.04. The van der Waals surface area contributed by atoms with Gasteiger partial charge in [-0.05, 0) is 42.3 Å². The Morgan fingerprint density at radius 2 is 1.95 bits per heavy atom. The summed E-state index contributed by atoms with van der Waals surface area (Å²) in [6.07, 6.45) is 0. The Labute approximate surface area is 127 Å². The van der Waals surface area contributed by atoms with Crippen LogP contribution in [0.5, 0.6) is 11.5 Å². The lowest BCUT2D eigenvalue weighted by atomic mass is 10.1. The van der Waals surface area contributed by atoms with Gasteiger partial charge in [-0.15, -0.1) is 0 Å². The molecule has 4 heteroatoms. The third kappa shape index (κ3) is 3.74. The van der Waals surface area contributed by atoms with E-state index in [-0.39, 0.29) is 6.04 Å². The first-order valence-corrected chi connectivity index (χ1v) is 7.20. The van der Waals surface area contributed by atoms with E-state index in [9.17, 15) is 0 Å². The molecule has 3 nitrogen and oxygen atoms in total. The highest BCUT2D eigenvalue weighted by Crippen LogP contribution is 2.30. The van der Waals surface area contributed by atoms with Gasteiger partial charge in [-0.25, -0.2) is 0 Å².